The van der Waals surface area contributed by atoms with Crippen LogP contribution in [0, 0.1) is 11.8 Å². The summed E-state index contributed by atoms with van der Waals surface area (Å²) in [7, 11) is 3.21. The summed E-state index contributed by atoms with van der Waals surface area (Å²) in [6.07, 6.45) is 3.06. The molecule has 0 bridgehead atoms. The van der Waals surface area contributed by atoms with Gasteiger partial charge in [-0.3, -0.25) is 9.36 Å². The van der Waals surface area contributed by atoms with E-state index in [1.54, 1.807) is 38.6 Å². The minimum absolute atomic E-state index is 0.211. The molecule has 0 spiro atoms. The highest BCUT2D eigenvalue weighted by Crippen LogP contribution is 2.33. The molecule has 1 aliphatic rings. The second-order valence-electron chi connectivity index (χ2n) is 8.73. The van der Waals surface area contributed by atoms with Gasteiger partial charge in [-0.25, -0.2) is 9.97 Å². The van der Waals surface area contributed by atoms with Crippen LogP contribution in [0.25, 0.3) is 16.6 Å². The molecule has 11 heteroatoms. The third-order valence-corrected chi connectivity index (χ3v) is 6.87. The van der Waals surface area contributed by atoms with Crippen molar-refractivity contribution >= 4 is 51.4 Å². The first-order chi connectivity index (χ1) is 19.0. The molecule has 9 nitrogen and oxygen atoms in total. The number of benzene rings is 2. The molecule has 0 unspecified atom stereocenters. The maximum absolute atomic E-state index is 13.5. The average Bonchev–Trinajstić information content (AvgIpc) is 2.95. The number of fused-ring (bicyclic) bond motifs is 1. The van der Waals surface area contributed by atoms with Gasteiger partial charge >= 0.3 is 0 Å². The molecule has 2 aromatic heterocycles. The summed E-state index contributed by atoms with van der Waals surface area (Å²) < 4.78 is 12.1. The number of nitrogens with one attached hydrogen (secondary N) is 2. The first-order valence-electron chi connectivity index (χ1n) is 12.3. The van der Waals surface area contributed by atoms with E-state index >= 15 is 0 Å². The molecule has 1 saturated heterocycles. The number of rotatable bonds is 6. The smallest absolute Gasteiger partial charge is 0.266 e. The molecular formula is C28H26Cl2N6O3. The maximum atomic E-state index is 13.5. The van der Waals surface area contributed by atoms with Crippen molar-refractivity contribution < 1.29 is 9.47 Å². The van der Waals surface area contributed by atoms with Gasteiger partial charge in [0.05, 0.1) is 45.0 Å². The standard InChI is InChI=1S/C28H26Cl2N6O3/c1-38-14-4-5-18-17-36(26-21(29)6-3-7-22(26)30)27(37)20-16-32-28(34-25(18)20)33-19-8-9-23(24(15-19)39-2)35-12-10-31-11-13-35/h3,6-9,15-17,31H,10-14H2,1-2H3,(H,32,33,34). The third-order valence-electron chi connectivity index (χ3n) is 6.26. The first kappa shape index (κ1) is 26.8. The van der Waals surface area contributed by atoms with Crippen LogP contribution in [0.1, 0.15) is 5.56 Å². The van der Waals surface area contributed by atoms with Gasteiger partial charge in [-0.2, -0.15) is 0 Å². The summed E-state index contributed by atoms with van der Waals surface area (Å²) in [5, 5.41) is 7.51. The Labute approximate surface area is 235 Å². The van der Waals surface area contributed by atoms with E-state index in [1.165, 1.54) is 10.8 Å². The quantitative estimate of drug-likeness (QED) is 0.336. The van der Waals surface area contributed by atoms with Gasteiger partial charge in [0.1, 0.15) is 12.4 Å². The molecule has 2 aromatic carbocycles. The number of nitrogens with zero attached hydrogens (tertiary/aromatic N) is 4. The van der Waals surface area contributed by atoms with Crippen LogP contribution >= 0.6 is 23.2 Å². The van der Waals surface area contributed by atoms with Crippen molar-refractivity contribution in [2.24, 2.45) is 0 Å². The number of pyridine rings is 1. The predicted octanol–water partition coefficient (Wildman–Crippen LogP) is 4.25. The fraction of sp³-hybridized carbons (Fsp3) is 0.250. The summed E-state index contributed by atoms with van der Waals surface area (Å²) in [5.74, 6) is 7.03. The van der Waals surface area contributed by atoms with Crippen molar-refractivity contribution in [3.63, 3.8) is 0 Å². The zero-order valence-corrected chi connectivity index (χ0v) is 22.9. The minimum atomic E-state index is -0.370. The van der Waals surface area contributed by atoms with E-state index in [1.807, 2.05) is 18.2 Å². The Morgan fingerprint density at radius 3 is 2.62 bits per heavy atom. The number of halogens is 2. The van der Waals surface area contributed by atoms with Crippen LogP contribution in [0.5, 0.6) is 5.75 Å². The molecule has 200 valence electrons. The number of methoxy groups -OCH3 is 2. The van der Waals surface area contributed by atoms with E-state index in [-0.39, 0.29) is 17.6 Å². The van der Waals surface area contributed by atoms with Crippen molar-refractivity contribution in [1.82, 2.24) is 19.9 Å². The van der Waals surface area contributed by atoms with Crippen LogP contribution in [0.15, 0.2) is 53.6 Å². The molecule has 39 heavy (non-hydrogen) atoms. The molecule has 0 radical (unpaired) electrons. The van der Waals surface area contributed by atoms with Gasteiger partial charge in [0.2, 0.25) is 5.95 Å². The summed E-state index contributed by atoms with van der Waals surface area (Å²) in [5.41, 5.74) is 2.65. The molecule has 1 aliphatic heterocycles. The number of ether oxygens (including phenoxy) is 2. The fourth-order valence-electron chi connectivity index (χ4n) is 4.41. The van der Waals surface area contributed by atoms with Crippen molar-refractivity contribution in [2.75, 3.05) is 57.2 Å². The topological polar surface area (TPSA) is 93.5 Å². The SMILES string of the molecule is COCC#Cc1cn(-c2c(Cl)cccc2Cl)c(=O)c2cnc(Nc3ccc(N4CCNCC4)c(OC)c3)nc12. The second-order valence-corrected chi connectivity index (χ2v) is 9.54. The Bertz CT molecular complexity index is 1620. The van der Waals surface area contributed by atoms with E-state index in [4.69, 9.17) is 32.7 Å². The molecule has 0 aliphatic carbocycles. The molecule has 4 aromatic rings. The van der Waals surface area contributed by atoms with Crippen LogP contribution in [0.2, 0.25) is 10.0 Å². The molecule has 0 atom stereocenters. The Morgan fingerprint density at radius 1 is 1.13 bits per heavy atom. The molecule has 0 amide bonds. The zero-order chi connectivity index (χ0) is 27.4. The first-order valence-corrected chi connectivity index (χ1v) is 13.0. The lowest BCUT2D eigenvalue weighted by atomic mass is 10.2. The number of piperazine rings is 1. The highest BCUT2D eigenvalue weighted by molar-refractivity contribution is 6.37. The highest BCUT2D eigenvalue weighted by atomic mass is 35.5. The van der Waals surface area contributed by atoms with Gasteiger partial charge in [-0.15, -0.1) is 0 Å². The monoisotopic (exact) mass is 564 g/mol. The zero-order valence-electron chi connectivity index (χ0n) is 21.4. The van der Waals surface area contributed by atoms with Gasteiger partial charge in [0.25, 0.3) is 5.56 Å². The normalized spacial score (nSPS) is 13.2. The third kappa shape index (κ3) is 5.65. The number of aromatic nitrogens is 3. The fourth-order valence-corrected chi connectivity index (χ4v) is 4.99. The minimum Gasteiger partial charge on any atom is -0.495 e. The molecule has 1 fully saturated rings. The summed E-state index contributed by atoms with van der Waals surface area (Å²) in [4.78, 5) is 24.9. The summed E-state index contributed by atoms with van der Waals surface area (Å²) in [6, 6.07) is 10.9. The predicted molar refractivity (Wildman–Crippen MR) is 155 cm³/mol. The molecule has 0 saturated carbocycles. The van der Waals surface area contributed by atoms with E-state index in [2.05, 4.69) is 37.3 Å². The largest absolute Gasteiger partial charge is 0.495 e. The van der Waals surface area contributed by atoms with Gasteiger partial charge < -0.3 is 25.0 Å². The molecule has 5 rings (SSSR count). The highest BCUT2D eigenvalue weighted by Gasteiger charge is 2.18. The Hall–Kier alpha value is -3.81. The van der Waals surface area contributed by atoms with Gasteiger partial charge in [0.15, 0.2) is 0 Å². The van der Waals surface area contributed by atoms with E-state index < -0.39 is 0 Å². The second kappa shape index (κ2) is 11.9. The van der Waals surface area contributed by atoms with Crippen molar-refractivity contribution in [3.05, 3.63) is 74.8 Å². The summed E-state index contributed by atoms with van der Waals surface area (Å²) in [6.45, 7) is 3.87. The Morgan fingerprint density at radius 2 is 1.90 bits per heavy atom. The van der Waals surface area contributed by atoms with E-state index in [0.717, 1.165) is 43.3 Å². The van der Waals surface area contributed by atoms with Crippen molar-refractivity contribution in [3.8, 4) is 23.3 Å². The van der Waals surface area contributed by atoms with Crippen LogP contribution in [0.3, 0.4) is 0 Å². The van der Waals surface area contributed by atoms with Gasteiger partial charge in [0, 0.05) is 57.4 Å². The van der Waals surface area contributed by atoms with E-state index in [0.29, 0.717) is 32.8 Å². The number of anilines is 3. The number of hydrogen-bond donors (Lipinski definition) is 2. The average molecular weight is 565 g/mol. The van der Waals surface area contributed by atoms with Crippen molar-refractivity contribution in [2.45, 2.75) is 0 Å². The van der Waals surface area contributed by atoms with Crippen molar-refractivity contribution in [1.29, 1.82) is 0 Å². The molecule has 3 heterocycles. The lowest BCUT2D eigenvalue weighted by Crippen LogP contribution is -2.43. The van der Waals surface area contributed by atoms with E-state index in [9.17, 15) is 4.79 Å². The molecule has 2 N–H and O–H groups in total. The van der Waals surface area contributed by atoms with Crippen LogP contribution < -0.4 is 25.8 Å². The lowest BCUT2D eigenvalue weighted by Gasteiger charge is -2.30. The lowest BCUT2D eigenvalue weighted by molar-refractivity contribution is 0.240. The number of para-hydroxylation sites is 1. The molecular weight excluding hydrogens is 539 g/mol. The van der Waals surface area contributed by atoms with Gasteiger partial charge in [-0.1, -0.05) is 41.1 Å². The maximum Gasteiger partial charge on any atom is 0.266 e. The van der Waals surface area contributed by atoms with Crippen LogP contribution in [0.4, 0.5) is 17.3 Å². The van der Waals surface area contributed by atoms with Crippen LogP contribution in [-0.2, 0) is 4.74 Å². The Kier molecular flexibility index (Phi) is 8.19. The van der Waals surface area contributed by atoms with Crippen LogP contribution in [-0.4, -0.2) is 61.5 Å². The Balaban J connectivity index is 1.56. The summed E-state index contributed by atoms with van der Waals surface area (Å²) >= 11 is 12.8. The van der Waals surface area contributed by atoms with Gasteiger partial charge in [-0.05, 0) is 24.3 Å². The number of hydrogen-bond acceptors (Lipinski definition) is 8.